The van der Waals surface area contributed by atoms with E-state index in [9.17, 15) is 4.79 Å². The lowest BCUT2D eigenvalue weighted by Gasteiger charge is -2.23. The molecule has 0 unspecified atom stereocenters. The summed E-state index contributed by atoms with van der Waals surface area (Å²) in [6, 6.07) is 5.76. The first-order chi connectivity index (χ1) is 9.00. The van der Waals surface area contributed by atoms with E-state index in [1.165, 1.54) is 0 Å². The van der Waals surface area contributed by atoms with E-state index in [-0.39, 0.29) is 5.91 Å². The minimum atomic E-state index is 0.0266. The van der Waals surface area contributed by atoms with Crippen LogP contribution in [0.15, 0.2) is 18.2 Å². The van der Waals surface area contributed by atoms with Gasteiger partial charge in [-0.15, -0.1) is 0 Å². The van der Waals surface area contributed by atoms with Crippen LogP contribution >= 0.6 is 23.8 Å². The topological polar surface area (TPSA) is 46.3 Å². The van der Waals surface area contributed by atoms with Gasteiger partial charge in [-0.1, -0.05) is 29.9 Å². The van der Waals surface area contributed by atoms with Gasteiger partial charge in [-0.3, -0.25) is 4.79 Å². The molecular weight excluding hydrogens is 280 g/mol. The Bertz CT molecular complexity index is 514. The maximum atomic E-state index is 12.6. The molecule has 102 valence electrons. The molecule has 0 saturated heterocycles. The van der Waals surface area contributed by atoms with E-state index in [2.05, 4.69) is 0 Å². The number of thiocarbonyl (C=S) groups is 1. The highest BCUT2D eigenvalue weighted by Crippen LogP contribution is 2.30. The molecule has 2 N–H and O–H groups in total. The summed E-state index contributed by atoms with van der Waals surface area (Å²) in [5.74, 6) is 0.0266. The zero-order valence-electron chi connectivity index (χ0n) is 10.9. The number of amides is 1. The summed E-state index contributed by atoms with van der Waals surface area (Å²) in [6.07, 6.45) is 2.68. The highest BCUT2D eigenvalue weighted by Gasteiger charge is 2.33. The lowest BCUT2D eigenvalue weighted by atomic mass is 10.1. The Balaban J connectivity index is 2.19. The van der Waals surface area contributed by atoms with Crippen molar-refractivity contribution in [2.75, 3.05) is 6.54 Å². The lowest BCUT2D eigenvalue weighted by molar-refractivity contribution is 0.0747. The molecule has 0 heterocycles. The monoisotopic (exact) mass is 296 g/mol. The number of nitrogens with zero attached hydrogens (tertiary/aromatic N) is 1. The molecule has 2 rings (SSSR count). The van der Waals surface area contributed by atoms with Crippen molar-refractivity contribution in [3.63, 3.8) is 0 Å². The standard InChI is InChI=1S/C14H17ClN2OS/c1-9-11(3-2-4-12(9)15)14(18)17(10-5-6-10)8-7-13(16)19/h2-4,10H,5-8H2,1H3,(H2,16,19). The lowest BCUT2D eigenvalue weighted by Crippen LogP contribution is -2.36. The first-order valence-electron chi connectivity index (χ1n) is 6.35. The quantitative estimate of drug-likeness (QED) is 0.850. The molecule has 0 spiro atoms. The van der Waals surface area contributed by atoms with Crippen molar-refractivity contribution in [1.82, 2.24) is 4.90 Å². The van der Waals surface area contributed by atoms with Gasteiger partial charge >= 0.3 is 0 Å². The molecule has 0 bridgehead atoms. The Morgan fingerprint density at radius 2 is 2.21 bits per heavy atom. The Hall–Kier alpha value is -1.13. The largest absolute Gasteiger partial charge is 0.393 e. The number of nitrogens with two attached hydrogens (primary N) is 1. The molecule has 5 heteroatoms. The van der Waals surface area contributed by atoms with E-state index in [0.717, 1.165) is 18.4 Å². The van der Waals surface area contributed by atoms with Crippen LogP contribution in [0.1, 0.15) is 35.2 Å². The summed E-state index contributed by atoms with van der Waals surface area (Å²) < 4.78 is 0. The van der Waals surface area contributed by atoms with Crippen LogP contribution in [-0.4, -0.2) is 28.4 Å². The molecule has 19 heavy (non-hydrogen) atoms. The predicted molar refractivity (Wildman–Crippen MR) is 81.6 cm³/mol. The molecule has 1 aromatic rings. The molecule has 0 aromatic heterocycles. The predicted octanol–water partition coefficient (Wildman–Crippen LogP) is 2.93. The second-order valence-electron chi connectivity index (χ2n) is 4.86. The van der Waals surface area contributed by atoms with Crippen molar-refractivity contribution in [2.24, 2.45) is 5.73 Å². The molecule has 1 amide bonds. The van der Waals surface area contributed by atoms with Crippen LogP contribution in [0.3, 0.4) is 0 Å². The van der Waals surface area contributed by atoms with E-state index in [4.69, 9.17) is 29.6 Å². The van der Waals surface area contributed by atoms with Crippen LogP contribution in [0, 0.1) is 6.92 Å². The molecule has 1 aliphatic carbocycles. The molecule has 3 nitrogen and oxygen atoms in total. The second kappa shape index (κ2) is 5.88. The number of benzene rings is 1. The van der Waals surface area contributed by atoms with Gasteiger partial charge in [0, 0.05) is 29.6 Å². The number of hydrogen-bond acceptors (Lipinski definition) is 2. The molecule has 0 aliphatic heterocycles. The highest BCUT2D eigenvalue weighted by atomic mass is 35.5. The van der Waals surface area contributed by atoms with Crippen molar-refractivity contribution in [2.45, 2.75) is 32.2 Å². The Labute approximate surface area is 123 Å². The van der Waals surface area contributed by atoms with Crippen molar-refractivity contribution in [1.29, 1.82) is 0 Å². The SMILES string of the molecule is Cc1c(Cl)cccc1C(=O)N(CCC(N)=S)C1CC1. The van der Waals surface area contributed by atoms with Gasteiger partial charge < -0.3 is 10.6 Å². The molecular formula is C14H17ClN2OS. The van der Waals surface area contributed by atoms with Crippen molar-refractivity contribution in [3.05, 3.63) is 34.3 Å². The van der Waals surface area contributed by atoms with Gasteiger partial charge in [0.1, 0.15) is 0 Å². The van der Waals surface area contributed by atoms with Crippen LogP contribution in [0.2, 0.25) is 5.02 Å². The van der Waals surface area contributed by atoms with Crippen LogP contribution in [0.4, 0.5) is 0 Å². The smallest absolute Gasteiger partial charge is 0.254 e. The molecule has 1 aliphatic rings. The van der Waals surface area contributed by atoms with E-state index < -0.39 is 0 Å². The van der Waals surface area contributed by atoms with Gasteiger partial charge in [-0.25, -0.2) is 0 Å². The molecule has 0 atom stereocenters. The number of carbonyl (C=O) groups excluding carboxylic acids is 1. The summed E-state index contributed by atoms with van der Waals surface area (Å²) in [4.78, 5) is 14.9. The number of hydrogen-bond donors (Lipinski definition) is 1. The maximum Gasteiger partial charge on any atom is 0.254 e. The van der Waals surface area contributed by atoms with Crippen LogP contribution < -0.4 is 5.73 Å². The molecule has 0 radical (unpaired) electrons. The van der Waals surface area contributed by atoms with Gasteiger partial charge in [-0.2, -0.15) is 0 Å². The van der Waals surface area contributed by atoms with Crippen molar-refractivity contribution >= 4 is 34.7 Å². The average Bonchev–Trinajstić information content (AvgIpc) is 3.17. The van der Waals surface area contributed by atoms with Gasteiger partial charge in [0.05, 0.1) is 4.99 Å². The zero-order valence-corrected chi connectivity index (χ0v) is 12.4. The van der Waals surface area contributed by atoms with Crippen molar-refractivity contribution in [3.8, 4) is 0 Å². The Morgan fingerprint density at radius 3 is 2.79 bits per heavy atom. The maximum absolute atomic E-state index is 12.6. The van der Waals surface area contributed by atoms with E-state index in [0.29, 0.717) is 34.6 Å². The fraction of sp³-hybridized carbons (Fsp3) is 0.429. The Morgan fingerprint density at radius 1 is 1.53 bits per heavy atom. The second-order valence-corrected chi connectivity index (χ2v) is 5.79. The summed E-state index contributed by atoms with van der Waals surface area (Å²) in [7, 11) is 0. The van der Waals surface area contributed by atoms with E-state index in [1.54, 1.807) is 12.1 Å². The third-order valence-electron chi connectivity index (χ3n) is 3.35. The first kappa shape index (κ1) is 14.3. The normalized spacial score (nSPS) is 14.2. The minimum absolute atomic E-state index is 0.0266. The highest BCUT2D eigenvalue weighted by molar-refractivity contribution is 7.80. The fourth-order valence-corrected chi connectivity index (χ4v) is 2.33. The van der Waals surface area contributed by atoms with Crippen LogP contribution in [-0.2, 0) is 0 Å². The van der Waals surface area contributed by atoms with Gasteiger partial charge in [0.25, 0.3) is 5.91 Å². The van der Waals surface area contributed by atoms with Crippen molar-refractivity contribution < 1.29 is 4.79 Å². The van der Waals surface area contributed by atoms with E-state index in [1.807, 2.05) is 17.9 Å². The summed E-state index contributed by atoms with van der Waals surface area (Å²) in [6.45, 7) is 2.46. The van der Waals surface area contributed by atoms with Crippen LogP contribution in [0.5, 0.6) is 0 Å². The number of carbonyl (C=O) groups is 1. The third kappa shape index (κ3) is 3.45. The number of halogens is 1. The Kier molecular flexibility index (Phi) is 4.42. The van der Waals surface area contributed by atoms with E-state index >= 15 is 0 Å². The average molecular weight is 297 g/mol. The zero-order chi connectivity index (χ0) is 14.0. The molecule has 1 aromatic carbocycles. The molecule has 1 fully saturated rings. The fourth-order valence-electron chi connectivity index (χ4n) is 2.06. The van der Waals surface area contributed by atoms with Gasteiger partial charge in [0.2, 0.25) is 0 Å². The summed E-state index contributed by atoms with van der Waals surface area (Å²) in [5, 5.41) is 0.621. The molecule has 1 saturated carbocycles. The van der Waals surface area contributed by atoms with Crippen LogP contribution in [0.25, 0.3) is 0 Å². The third-order valence-corrected chi connectivity index (χ3v) is 3.96. The van der Waals surface area contributed by atoms with Gasteiger partial charge in [0.15, 0.2) is 0 Å². The first-order valence-corrected chi connectivity index (χ1v) is 7.13. The summed E-state index contributed by atoms with van der Waals surface area (Å²) in [5.41, 5.74) is 7.02. The number of rotatable bonds is 5. The van der Waals surface area contributed by atoms with Gasteiger partial charge in [-0.05, 0) is 37.5 Å². The summed E-state index contributed by atoms with van der Waals surface area (Å²) >= 11 is 11.0. The minimum Gasteiger partial charge on any atom is -0.393 e.